The molecule has 5 heteroatoms. The van der Waals surface area contributed by atoms with Gasteiger partial charge in [-0.25, -0.2) is 0 Å². The van der Waals surface area contributed by atoms with Crippen molar-refractivity contribution in [2.75, 3.05) is 5.33 Å². The summed E-state index contributed by atoms with van der Waals surface area (Å²) in [6.07, 6.45) is -3.24. The summed E-state index contributed by atoms with van der Waals surface area (Å²) in [6.45, 7) is 0.645. The van der Waals surface area contributed by atoms with E-state index in [-0.39, 0.29) is 16.9 Å². The molecule has 0 aliphatic carbocycles. The highest BCUT2D eigenvalue weighted by Gasteiger charge is 2.23. The van der Waals surface area contributed by atoms with Crippen LogP contribution >= 0.6 is 15.9 Å². The minimum atomic E-state index is -3.24. The third-order valence-corrected chi connectivity index (χ3v) is 2.08. The third-order valence-electron chi connectivity index (χ3n) is 1.57. The van der Waals surface area contributed by atoms with Gasteiger partial charge in [-0.3, -0.25) is 4.79 Å². The molecule has 0 amide bonds. The Morgan fingerprint density at radius 3 is 2.73 bits per heavy atom. The van der Waals surface area contributed by atoms with Crippen molar-refractivity contribution in [1.82, 2.24) is 0 Å². The number of carbonyl (C=O) groups excluding carboxylic acids is 1. The number of Topliss-reactive ketones (excluding diaryl/α,β-unsaturated/α-hetero) is 1. The molecule has 1 rings (SSSR count). The van der Waals surface area contributed by atoms with Crippen LogP contribution in [0.1, 0.15) is 17.3 Å². The van der Waals surface area contributed by atoms with Crippen LogP contribution < -0.4 is 4.74 Å². The van der Waals surface area contributed by atoms with Gasteiger partial charge >= 0.3 is 6.11 Å². The van der Waals surface area contributed by atoms with Gasteiger partial charge in [0.2, 0.25) is 0 Å². The molecule has 15 heavy (non-hydrogen) atoms. The molecule has 0 N–H and O–H groups in total. The SMILES string of the molecule is CC(F)(F)Oc1cccc(C(=O)CBr)c1. The van der Waals surface area contributed by atoms with Gasteiger partial charge in [0.05, 0.1) is 5.33 Å². The number of hydrogen-bond acceptors (Lipinski definition) is 2. The third kappa shape index (κ3) is 3.95. The smallest absolute Gasteiger partial charge is 0.394 e. The van der Waals surface area contributed by atoms with Gasteiger partial charge in [-0.15, -0.1) is 0 Å². The summed E-state index contributed by atoms with van der Waals surface area (Å²) >= 11 is 3.00. The second kappa shape index (κ2) is 4.70. The molecule has 1 aromatic rings. The number of ether oxygens (including phenoxy) is 1. The van der Waals surface area contributed by atoms with Gasteiger partial charge in [0.1, 0.15) is 5.75 Å². The molecule has 0 heterocycles. The Morgan fingerprint density at radius 2 is 2.20 bits per heavy atom. The highest BCUT2D eigenvalue weighted by atomic mass is 79.9. The maximum atomic E-state index is 12.5. The van der Waals surface area contributed by atoms with Crippen LogP contribution in [0.15, 0.2) is 24.3 Å². The first-order valence-electron chi connectivity index (χ1n) is 4.18. The summed E-state index contributed by atoms with van der Waals surface area (Å²) in [5, 5.41) is 0.152. The number of benzene rings is 1. The fourth-order valence-electron chi connectivity index (χ4n) is 1.02. The standard InChI is InChI=1S/C10H9BrF2O2/c1-10(12,13)15-8-4-2-3-7(5-8)9(14)6-11/h2-5H,6H2,1H3. The van der Waals surface area contributed by atoms with Crippen LogP contribution in [0.5, 0.6) is 5.75 Å². The highest BCUT2D eigenvalue weighted by molar-refractivity contribution is 9.09. The first-order valence-corrected chi connectivity index (χ1v) is 5.30. The number of carbonyl (C=O) groups is 1. The molecule has 0 unspecified atom stereocenters. The van der Waals surface area contributed by atoms with E-state index in [1.54, 1.807) is 6.07 Å². The normalized spacial score (nSPS) is 11.2. The summed E-state index contributed by atoms with van der Waals surface area (Å²) < 4.78 is 29.3. The molecular weight excluding hydrogens is 270 g/mol. The fraction of sp³-hybridized carbons (Fsp3) is 0.300. The van der Waals surface area contributed by atoms with Crippen molar-refractivity contribution in [3.8, 4) is 5.75 Å². The Labute approximate surface area is 94.4 Å². The van der Waals surface area contributed by atoms with E-state index in [0.717, 1.165) is 0 Å². The van der Waals surface area contributed by atoms with E-state index < -0.39 is 6.11 Å². The topological polar surface area (TPSA) is 26.3 Å². The predicted octanol–water partition coefficient (Wildman–Crippen LogP) is 3.26. The maximum Gasteiger partial charge on any atom is 0.394 e. The fourth-order valence-corrected chi connectivity index (χ4v) is 1.34. The molecule has 1 aromatic carbocycles. The van der Waals surface area contributed by atoms with Crippen LogP contribution in [0.25, 0.3) is 0 Å². The van der Waals surface area contributed by atoms with Gasteiger partial charge in [0.15, 0.2) is 5.78 Å². The van der Waals surface area contributed by atoms with Gasteiger partial charge in [-0.2, -0.15) is 8.78 Å². The number of rotatable bonds is 4. The van der Waals surface area contributed by atoms with E-state index >= 15 is 0 Å². The summed E-state index contributed by atoms with van der Waals surface area (Å²) in [6, 6.07) is 5.71. The van der Waals surface area contributed by atoms with Crippen LogP contribution in [-0.4, -0.2) is 17.2 Å². The zero-order valence-corrected chi connectivity index (χ0v) is 9.55. The van der Waals surface area contributed by atoms with Crippen molar-refractivity contribution in [3.63, 3.8) is 0 Å². The average molecular weight is 279 g/mol. The number of halogens is 3. The zero-order valence-electron chi connectivity index (χ0n) is 7.97. The van der Waals surface area contributed by atoms with Crippen LogP contribution in [0.3, 0.4) is 0 Å². The van der Waals surface area contributed by atoms with E-state index in [1.165, 1.54) is 18.2 Å². The number of ketones is 1. The van der Waals surface area contributed by atoms with Gasteiger partial charge in [0.25, 0.3) is 0 Å². The molecule has 0 fully saturated rings. The maximum absolute atomic E-state index is 12.5. The average Bonchev–Trinajstić information content (AvgIpc) is 2.14. The van der Waals surface area contributed by atoms with Crippen LogP contribution in [-0.2, 0) is 0 Å². The minimum Gasteiger partial charge on any atom is -0.433 e. The second-order valence-corrected chi connectivity index (χ2v) is 3.56. The molecule has 82 valence electrons. The van der Waals surface area contributed by atoms with E-state index in [2.05, 4.69) is 20.7 Å². The Balaban J connectivity index is 2.88. The predicted molar refractivity (Wildman–Crippen MR) is 55.8 cm³/mol. The van der Waals surface area contributed by atoms with E-state index in [9.17, 15) is 13.6 Å². The van der Waals surface area contributed by atoms with E-state index in [1.807, 2.05) is 0 Å². The Hall–Kier alpha value is -0.970. The number of hydrogen-bond donors (Lipinski definition) is 0. The van der Waals surface area contributed by atoms with Crippen molar-refractivity contribution in [2.24, 2.45) is 0 Å². The molecule has 0 radical (unpaired) electrons. The quantitative estimate of drug-likeness (QED) is 0.624. The molecule has 0 atom stereocenters. The summed E-state index contributed by atoms with van der Waals surface area (Å²) in [5.41, 5.74) is 0.341. The molecule has 2 nitrogen and oxygen atoms in total. The Bertz CT molecular complexity index is 361. The molecule has 0 aliphatic heterocycles. The Kier molecular flexibility index (Phi) is 3.79. The van der Waals surface area contributed by atoms with Gasteiger partial charge in [-0.05, 0) is 12.1 Å². The lowest BCUT2D eigenvalue weighted by atomic mass is 10.1. The molecule has 0 saturated heterocycles. The van der Waals surface area contributed by atoms with Gasteiger partial charge in [0, 0.05) is 12.5 Å². The summed E-state index contributed by atoms with van der Waals surface area (Å²) in [5.74, 6) is -0.200. The summed E-state index contributed by atoms with van der Waals surface area (Å²) in [4.78, 5) is 11.2. The van der Waals surface area contributed by atoms with E-state index in [0.29, 0.717) is 12.5 Å². The molecule has 0 bridgehead atoms. The van der Waals surface area contributed by atoms with Crippen LogP contribution in [0.4, 0.5) is 8.78 Å². The van der Waals surface area contributed by atoms with Crippen molar-refractivity contribution in [3.05, 3.63) is 29.8 Å². The molecular formula is C10H9BrF2O2. The summed E-state index contributed by atoms with van der Waals surface area (Å²) in [7, 11) is 0. The molecule has 0 aromatic heterocycles. The van der Waals surface area contributed by atoms with Crippen molar-refractivity contribution in [1.29, 1.82) is 0 Å². The van der Waals surface area contributed by atoms with Crippen molar-refractivity contribution in [2.45, 2.75) is 13.0 Å². The van der Waals surface area contributed by atoms with Crippen LogP contribution in [0.2, 0.25) is 0 Å². The molecule has 0 saturated carbocycles. The first kappa shape index (κ1) is 12.1. The lowest BCUT2D eigenvalue weighted by molar-refractivity contribution is -0.158. The molecule has 0 spiro atoms. The minimum absolute atomic E-state index is 0.0192. The van der Waals surface area contributed by atoms with Gasteiger partial charge in [-0.1, -0.05) is 28.1 Å². The van der Waals surface area contributed by atoms with Crippen molar-refractivity contribution < 1.29 is 18.3 Å². The Morgan fingerprint density at radius 1 is 1.53 bits per heavy atom. The largest absolute Gasteiger partial charge is 0.433 e. The first-order chi connectivity index (χ1) is 6.92. The van der Waals surface area contributed by atoms with Gasteiger partial charge < -0.3 is 4.74 Å². The monoisotopic (exact) mass is 278 g/mol. The molecule has 0 aliphatic rings. The second-order valence-electron chi connectivity index (χ2n) is 2.99. The van der Waals surface area contributed by atoms with Crippen molar-refractivity contribution >= 4 is 21.7 Å². The van der Waals surface area contributed by atoms with Crippen LogP contribution in [0, 0.1) is 0 Å². The highest BCUT2D eigenvalue weighted by Crippen LogP contribution is 2.22. The lowest BCUT2D eigenvalue weighted by Gasteiger charge is -2.13. The lowest BCUT2D eigenvalue weighted by Crippen LogP contribution is -2.19. The number of alkyl halides is 3. The zero-order chi connectivity index (χ0) is 11.5. The van der Waals surface area contributed by atoms with E-state index in [4.69, 9.17) is 0 Å².